The summed E-state index contributed by atoms with van der Waals surface area (Å²) < 4.78 is 1.91. The van der Waals surface area contributed by atoms with Gasteiger partial charge in [-0.2, -0.15) is 5.10 Å². The first kappa shape index (κ1) is 13.8. The summed E-state index contributed by atoms with van der Waals surface area (Å²) >= 11 is 0. The average molecular weight is 296 g/mol. The first-order chi connectivity index (χ1) is 10.8. The molecule has 0 saturated heterocycles. The number of benzene rings is 1. The van der Waals surface area contributed by atoms with Crippen LogP contribution < -0.4 is 5.73 Å². The molecule has 0 amide bonds. The van der Waals surface area contributed by atoms with Gasteiger partial charge in [-0.05, 0) is 25.0 Å². The first-order valence-electron chi connectivity index (χ1n) is 8.48. The molecule has 1 aromatic carbocycles. The second-order valence-electron chi connectivity index (χ2n) is 6.57. The van der Waals surface area contributed by atoms with Crippen molar-refractivity contribution >= 4 is 5.82 Å². The molecule has 116 valence electrons. The van der Waals surface area contributed by atoms with Crippen LogP contribution in [-0.2, 0) is 13.0 Å². The summed E-state index contributed by atoms with van der Waals surface area (Å²) in [6, 6.07) is 11.0. The number of hydrogen-bond donors (Lipinski definition) is 1. The molecule has 22 heavy (non-hydrogen) atoms. The maximum absolute atomic E-state index is 6.42. The molecule has 4 nitrogen and oxygen atoms in total. The van der Waals surface area contributed by atoms with Crippen LogP contribution >= 0.6 is 0 Å². The Bertz CT molecular complexity index is 641. The van der Waals surface area contributed by atoms with Crippen molar-refractivity contribution in [2.45, 2.75) is 51.1 Å². The minimum absolute atomic E-state index is 0.751. The molecule has 2 aliphatic rings. The van der Waals surface area contributed by atoms with E-state index in [1.807, 2.05) is 22.9 Å². The zero-order chi connectivity index (χ0) is 14.9. The number of nitrogens with two attached hydrogens (primary N) is 1. The van der Waals surface area contributed by atoms with Gasteiger partial charge in [-0.1, -0.05) is 37.5 Å². The Morgan fingerprint density at radius 3 is 2.59 bits per heavy atom. The van der Waals surface area contributed by atoms with Crippen molar-refractivity contribution in [3.63, 3.8) is 0 Å². The van der Waals surface area contributed by atoms with Crippen molar-refractivity contribution in [3.05, 3.63) is 41.6 Å². The van der Waals surface area contributed by atoms with Crippen LogP contribution in [-0.4, -0.2) is 27.3 Å². The summed E-state index contributed by atoms with van der Waals surface area (Å²) in [5.41, 5.74) is 9.91. The van der Waals surface area contributed by atoms with Crippen molar-refractivity contribution in [1.82, 2.24) is 14.7 Å². The number of nitrogen functional groups attached to an aromatic ring is 1. The molecule has 2 N–H and O–H groups in total. The van der Waals surface area contributed by atoms with Crippen molar-refractivity contribution in [1.29, 1.82) is 0 Å². The lowest BCUT2D eigenvalue weighted by Gasteiger charge is -2.36. The van der Waals surface area contributed by atoms with Gasteiger partial charge in [-0.25, -0.2) is 4.68 Å². The molecular weight excluding hydrogens is 272 g/mol. The zero-order valence-corrected chi connectivity index (χ0v) is 13.0. The van der Waals surface area contributed by atoms with E-state index < -0.39 is 0 Å². The molecule has 0 unspecified atom stereocenters. The highest BCUT2D eigenvalue weighted by Crippen LogP contribution is 2.31. The molecular formula is C18H24N4. The number of para-hydroxylation sites is 1. The van der Waals surface area contributed by atoms with E-state index in [0.29, 0.717) is 0 Å². The van der Waals surface area contributed by atoms with Crippen LogP contribution in [0.3, 0.4) is 0 Å². The van der Waals surface area contributed by atoms with Gasteiger partial charge in [0.25, 0.3) is 0 Å². The van der Waals surface area contributed by atoms with Gasteiger partial charge < -0.3 is 5.73 Å². The quantitative estimate of drug-likeness (QED) is 0.926. The number of nitrogens with zero attached hydrogens (tertiary/aromatic N) is 3. The molecule has 4 rings (SSSR count). The molecule has 2 aromatic rings. The molecule has 1 aliphatic heterocycles. The van der Waals surface area contributed by atoms with E-state index in [4.69, 9.17) is 10.8 Å². The van der Waals surface area contributed by atoms with Crippen LogP contribution in [0.15, 0.2) is 30.3 Å². The summed E-state index contributed by atoms with van der Waals surface area (Å²) in [6.07, 6.45) is 7.89. The molecule has 0 spiro atoms. The lowest BCUT2D eigenvalue weighted by Crippen LogP contribution is -2.40. The van der Waals surface area contributed by atoms with E-state index in [1.54, 1.807) is 0 Å². The van der Waals surface area contributed by atoms with Crippen molar-refractivity contribution in [3.8, 4) is 5.69 Å². The molecule has 4 heteroatoms. The second kappa shape index (κ2) is 5.76. The predicted molar refractivity (Wildman–Crippen MR) is 89.0 cm³/mol. The molecule has 1 aromatic heterocycles. The van der Waals surface area contributed by atoms with Gasteiger partial charge in [0.05, 0.1) is 11.4 Å². The topological polar surface area (TPSA) is 47.1 Å². The fourth-order valence-electron chi connectivity index (χ4n) is 3.94. The summed E-state index contributed by atoms with van der Waals surface area (Å²) in [5.74, 6) is 0.821. The van der Waals surface area contributed by atoms with E-state index in [-0.39, 0.29) is 0 Å². The Kier molecular flexibility index (Phi) is 3.62. The minimum atomic E-state index is 0.751. The zero-order valence-electron chi connectivity index (χ0n) is 13.0. The first-order valence-corrected chi connectivity index (χ1v) is 8.48. The number of aromatic nitrogens is 2. The fourth-order valence-corrected chi connectivity index (χ4v) is 3.94. The SMILES string of the molecule is Nc1c2c(nn1-c1ccccc1)CCN(C1CCCCC1)C2. The van der Waals surface area contributed by atoms with Crippen LogP contribution in [0.1, 0.15) is 43.4 Å². The van der Waals surface area contributed by atoms with E-state index in [2.05, 4.69) is 17.0 Å². The number of fused-ring (bicyclic) bond motifs is 1. The minimum Gasteiger partial charge on any atom is -0.383 e. The van der Waals surface area contributed by atoms with E-state index >= 15 is 0 Å². The summed E-state index contributed by atoms with van der Waals surface area (Å²) in [7, 11) is 0. The molecule has 0 radical (unpaired) electrons. The Morgan fingerprint density at radius 1 is 1.05 bits per heavy atom. The maximum atomic E-state index is 6.42. The smallest absolute Gasteiger partial charge is 0.132 e. The number of anilines is 1. The highest BCUT2D eigenvalue weighted by atomic mass is 15.3. The third kappa shape index (κ3) is 2.41. The third-order valence-electron chi connectivity index (χ3n) is 5.20. The Labute approximate surface area is 131 Å². The monoisotopic (exact) mass is 296 g/mol. The van der Waals surface area contributed by atoms with Gasteiger partial charge in [0, 0.05) is 31.1 Å². The summed E-state index contributed by atoms with van der Waals surface area (Å²) in [5, 5.41) is 4.77. The normalized spacial score (nSPS) is 20.0. The Hall–Kier alpha value is -1.81. The van der Waals surface area contributed by atoms with Crippen LogP contribution in [0.2, 0.25) is 0 Å². The van der Waals surface area contributed by atoms with E-state index in [9.17, 15) is 0 Å². The molecule has 1 fully saturated rings. The van der Waals surface area contributed by atoms with Gasteiger partial charge in [-0.3, -0.25) is 4.90 Å². The standard InChI is InChI=1S/C18H24N4/c19-18-16-13-21(14-7-3-1-4-8-14)12-11-17(16)20-22(18)15-9-5-2-6-10-15/h2,5-6,9-10,14H,1,3-4,7-8,11-13,19H2. The van der Waals surface area contributed by atoms with Crippen molar-refractivity contribution in [2.24, 2.45) is 0 Å². The van der Waals surface area contributed by atoms with Gasteiger partial charge in [0.1, 0.15) is 5.82 Å². The van der Waals surface area contributed by atoms with Crippen molar-refractivity contribution in [2.75, 3.05) is 12.3 Å². The van der Waals surface area contributed by atoms with Gasteiger partial charge in [-0.15, -0.1) is 0 Å². The van der Waals surface area contributed by atoms with Crippen molar-refractivity contribution < 1.29 is 0 Å². The Morgan fingerprint density at radius 2 is 1.82 bits per heavy atom. The van der Waals surface area contributed by atoms with Crippen LogP contribution in [0.25, 0.3) is 5.69 Å². The van der Waals surface area contributed by atoms with E-state index in [1.165, 1.54) is 43.4 Å². The number of hydrogen-bond acceptors (Lipinski definition) is 3. The lowest BCUT2D eigenvalue weighted by atomic mass is 9.92. The molecule has 0 bridgehead atoms. The second-order valence-corrected chi connectivity index (χ2v) is 6.57. The molecule has 0 atom stereocenters. The third-order valence-corrected chi connectivity index (χ3v) is 5.20. The number of rotatable bonds is 2. The molecule has 1 saturated carbocycles. The van der Waals surface area contributed by atoms with Crippen LogP contribution in [0.5, 0.6) is 0 Å². The largest absolute Gasteiger partial charge is 0.383 e. The van der Waals surface area contributed by atoms with Gasteiger partial charge in [0.15, 0.2) is 0 Å². The fraction of sp³-hybridized carbons (Fsp3) is 0.500. The maximum Gasteiger partial charge on any atom is 0.132 e. The average Bonchev–Trinajstić information content (AvgIpc) is 2.93. The van der Waals surface area contributed by atoms with Gasteiger partial charge >= 0.3 is 0 Å². The predicted octanol–water partition coefficient (Wildman–Crippen LogP) is 3.15. The molecule has 1 aliphatic carbocycles. The molecule has 2 heterocycles. The lowest BCUT2D eigenvalue weighted by molar-refractivity contribution is 0.141. The van der Waals surface area contributed by atoms with Crippen LogP contribution in [0.4, 0.5) is 5.82 Å². The highest BCUT2D eigenvalue weighted by molar-refractivity contribution is 5.50. The van der Waals surface area contributed by atoms with E-state index in [0.717, 1.165) is 37.1 Å². The van der Waals surface area contributed by atoms with Gasteiger partial charge in [0.2, 0.25) is 0 Å². The summed E-state index contributed by atoms with van der Waals surface area (Å²) in [4.78, 5) is 2.63. The van der Waals surface area contributed by atoms with Crippen LogP contribution in [0, 0.1) is 0 Å². The Balaban J connectivity index is 1.61. The highest BCUT2D eigenvalue weighted by Gasteiger charge is 2.28. The summed E-state index contributed by atoms with van der Waals surface area (Å²) in [6.45, 7) is 2.10.